The highest BCUT2D eigenvalue weighted by Crippen LogP contribution is 2.15. The van der Waals surface area contributed by atoms with E-state index >= 15 is 0 Å². The number of carbonyl (C=O) groups excluding carboxylic acids is 1. The summed E-state index contributed by atoms with van der Waals surface area (Å²) in [5, 5.41) is 16.7. The van der Waals surface area contributed by atoms with E-state index in [4.69, 9.17) is 5.11 Å². The Labute approximate surface area is 123 Å². The van der Waals surface area contributed by atoms with E-state index < -0.39 is 5.97 Å². The maximum atomic E-state index is 12.3. The van der Waals surface area contributed by atoms with Gasteiger partial charge in [0.2, 0.25) is 5.91 Å². The summed E-state index contributed by atoms with van der Waals surface area (Å²) in [7, 11) is 0. The molecule has 0 aromatic carbocycles. The van der Waals surface area contributed by atoms with E-state index in [0.717, 1.165) is 38.0 Å². The molecule has 0 radical (unpaired) electrons. The van der Waals surface area contributed by atoms with Crippen molar-refractivity contribution in [1.82, 2.24) is 19.9 Å². The molecule has 1 unspecified atom stereocenters. The first-order chi connectivity index (χ1) is 10.1. The van der Waals surface area contributed by atoms with Gasteiger partial charge in [0.1, 0.15) is 6.04 Å². The van der Waals surface area contributed by atoms with Gasteiger partial charge >= 0.3 is 5.97 Å². The van der Waals surface area contributed by atoms with Gasteiger partial charge < -0.3 is 10.0 Å². The Balaban J connectivity index is 1.83. The second-order valence-electron chi connectivity index (χ2n) is 5.50. The Kier molecular flexibility index (Phi) is 5.30. The second-order valence-corrected chi connectivity index (χ2v) is 5.50. The molecule has 0 aliphatic carbocycles. The van der Waals surface area contributed by atoms with Gasteiger partial charge in [0.15, 0.2) is 0 Å². The molecule has 1 aromatic heterocycles. The lowest BCUT2D eigenvalue weighted by atomic mass is 10.1. The zero-order valence-corrected chi connectivity index (χ0v) is 12.4. The van der Waals surface area contributed by atoms with Crippen molar-refractivity contribution in [1.29, 1.82) is 0 Å². The van der Waals surface area contributed by atoms with Crippen LogP contribution in [0.2, 0.25) is 0 Å². The summed E-state index contributed by atoms with van der Waals surface area (Å²) >= 11 is 0. The Morgan fingerprint density at radius 2 is 2.05 bits per heavy atom. The summed E-state index contributed by atoms with van der Waals surface area (Å²) < 4.78 is 1.60. The van der Waals surface area contributed by atoms with Crippen molar-refractivity contribution in [3.8, 4) is 0 Å². The quantitative estimate of drug-likeness (QED) is 0.765. The molecule has 7 heteroatoms. The van der Waals surface area contributed by atoms with Crippen molar-refractivity contribution in [2.45, 2.75) is 51.5 Å². The van der Waals surface area contributed by atoms with E-state index in [-0.39, 0.29) is 18.4 Å². The number of hydrogen-bond acceptors (Lipinski definition) is 4. The van der Waals surface area contributed by atoms with Crippen molar-refractivity contribution in [2.75, 3.05) is 13.1 Å². The highest BCUT2D eigenvalue weighted by molar-refractivity contribution is 5.80. The van der Waals surface area contributed by atoms with Crippen LogP contribution in [0.3, 0.4) is 0 Å². The van der Waals surface area contributed by atoms with Crippen LogP contribution in [-0.4, -0.2) is 50.0 Å². The van der Waals surface area contributed by atoms with Crippen molar-refractivity contribution in [3.63, 3.8) is 0 Å². The molecule has 0 saturated carbocycles. The molecule has 21 heavy (non-hydrogen) atoms. The Bertz CT molecular complexity index is 494. The van der Waals surface area contributed by atoms with Gasteiger partial charge in [0.25, 0.3) is 0 Å². The van der Waals surface area contributed by atoms with Crippen LogP contribution in [0.5, 0.6) is 0 Å². The first kappa shape index (κ1) is 15.5. The van der Waals surface area contributed by atoms with Crippen LogP contribution in [0, 0.1) is 0 Å². The Morgan fingerprint density at radius 1 is 1.33 bits per heavy atom. The third-order valence-electron chi connectivity index (χ3n) is 3.80. The molecular formula is C14H22N4O3. The van der Waals surface area contributed by atoms with Gasteiger partial charge in [0.05, 0.1) is 5.69 Å². The SMILES string of the molecule is CC(C(=O)N1CCCC1)n1cc(CCCCC(=O)O)nn1. The van der Waals surface area contributed by atoms with E-state index in [1.165, 1.54) is 0 Å². The van der Waals surface area contributed by atoms with Crippen molar-refractivity contribution in [3.05, 3.63) is 11.9 Å². The molecule has 2 heterocycles. The van der Waals surface area contributed by atoms with Gasteiger partial charge in [-0.15, -0.1) is 5.10 Å². The van der Waals surface area contributed by atoms with E-state index in [0.29, 0.717) is 12.8 Å². The highest BCUT2D eigenvalue weighted by atomic mass is 16.4. The summed E-state index contributed by atoms with van der Waals surface area (Å²) in [6, 6.07) is -0.330. The molecule has 1 N–H and O–H groups in total. The van der Waals surface area contributed by atoms with Gasteiger partial charge in [-0.2, -0.15) is 0 Å². The van der Waals surface area contributed by atoms with Crippen LogP contribution in [0.15, 0.2) is 6.20 Å². The first-order valence-corrected chi connectivity index (χ1v) is 7.49. The standard InChI is InChI=1S/C14H22N4O3/c1-11(14(21)17-8-4-5-9-17)18-10-12(15-16-18)6-2-3-7-13(19)20/h10-11H,2-9H2,1H3,(H,19,20). The van der Waals surface area contributed by atoms with Gasteiger partial charge in [0, 0.05) is 25.7 Å². The molecule has 1 atom stereocenters. The molecule has 0 bridgehead atoms. The molecule has 1 aliphatic rings. The number of carboxylic acid groups (broad SMARTS) is 1. The van der Waals surface area contributed by atoms with Crippen LogP contribution in [0.25, 0.3) is 0 Å². The third kappa shape index (κ3) is 4.27. The number of hydrogen-bond donors (Lipinski definition) is 1. The van der Waals surface area contributed by atoms with E-state index in [1.54, 1.807) is 10.9 Å². The fourth-order valence-corrected chi connectivity index (χ4v) is 2.51. The number of amides is 1. The largest absolute Gasteiger partial charge is 0.481 e. The van der Waals surface area contributed by atoms with Crippen LogP contribution < -0.4 is 0 Å². The topological polar surface area (TPSA) is 88.3 Å². The zero-order chi connectivity index (χ0) is 15.2. The van der Waals surface area contributed by atoms with E-state index in [1.807, 2.05) is 11.8 Å². The molecule has 1 fully saturated rings. The monoisotopic (exact) mass is 294 g/mol. The summed E-state index contributed by atoms with van der Waals surface area (Å²) in [4.78, 5) is 24.6. The van der Waals surface area contributed by atoms with E-state index in [9.17, 15) is 9.59 Å². The number of aryl methyl sites for hydroxylation is 1. The van der Waals surface area contributed by atoms with Crippen LogP contribution in [-0.2, 0) is 16.0 Å². The molecule has 2 rings (SSSR count). The summed E-state index contributed by atoms with van der Waals surface area (Å²) in [6.45, 7) is 3.50. The molecule has 1 aromatic rings. The van der Waals surface area contributed by atoms with Gasteiger partial charge in [-0.05, 0) is 39.0 Å². The predicted octanol–water partition coefficient (Wildman–Crippen LogP) is 1.26. The van der Waals surface area contributed by atoms with Crippen molar-refractivity contribution >= 4 is 11.9 Å². The molecule has 1 saturated heterocycles. The van der Waals surface area contributed by atoms with Crippen LogP contribution in [0.4, 0.5) is 0 Å². The normalized spacial score (nSPS) is 16.1. The molecule has 7 nitrogen and oxygen atoms in total. The smallest absolute Gasteiger partial charge is 0.303 e. The fourth-order valence-electron chi connectivity index (χ4n) is 2.51. The molecule has 1 amide bonds. The lowest BCUT2D eigenvalue weighted by Gasteiger charge is -2.19. The zero-order valence-electron chi connectivity index (χ0n) is 12.4. The third-order valence-corrected chi connectivity index (χ3v) is 3.80. The van der Waals surface area contributed by atoms with Gasteiger partial charge in [-0.1, -0.05) is 5.21 Å². The summed E-state index contributed by atoms with van der Waals surface area (Å²) in [6.07, 6.45) is 6.20. The molecular weight excluding hydrogens is 272 g/mol. The fraction of sp³-hybridized carbons (Fsp3) is 0.714. The highest BCUT2D eigenvalue weighted by Gasteiger charge is 2.25. The van der Waals surface area contributed by atoms with Crippen molar-refractivity contribution < 1.29 is 14.7 Å². The lowest BCUT2D eigenvalue weighted by molar-refractivity contribution is -0.137. The van der Waals surface area contributed by atoms with Crippen LogP contribution in [0.1, 0.15) is 50.8 Å². The van der Waals surface area contributed by atoms with Gasteiger partial charge in [-0.3, -0.25) is 9.59 Å². The van der Waals surface area contributed by atoms with Crippen molar-refractivity contribution in [2.24, 2.45) is 0 Å². The number of aromatic nitrogens is 3. The minimum absolute atomic E-state index is 0.0924. The number of carbonyl (C=O) groups is 2. The second kappa shape index (κ2) is 7.19. The maximum Gasteiger partial charge on any atom is 0.303 e. The predicted molar refractivity (Wildman–Crippen MR) is 75.7 cm³/mol. The first-order valence-electron chi connectivity index (χ1n) is 7.49. The number of unbranched alkanes of at least 4 members (excludes halogenated alkanes) is 1. The molecule has 0 spiro atoms. The number of carboxylic acids is 1. The Morgan fingerprint density at radius 3 is 2.71 bits per heavy atom. The number of likely N-dealkylation sites (tertiary alicyclic amines) is 1. The molecule has 1 aliphatic heterocycles. The number of aliphatic carboxylic acids is 1. The average molecular weight is 294 g/mol. The van der Waals surface area contributed by atoms with E-state index in [2.05, 4.69) is 10.3 Å². The summed E-state index contributed by atoms with van der Waals surface area (Å²) in [5.41, 5.74) is 0.807. The maximum absolute atomic E-state index is 12.3. The summed E-state index contributed by atoms with van der Waals surface area (Å²) in [5.74, 6) is -0.682. The number of nitrogens with zero attached hydrogens (tertiary/aromatic N) is 4. The van der Waals surface area contributed by atoms with Gasteiger partial charge in [-0.25, -0.2) is 4.68 Å². The minimum atomic E-state index is -0.775. The lowest BCUT2D eigenvalue weighted by Crippen LogP contribution is -2.34. The average Bonchev–Trinajstić information content (AvgIpc) is 3.13. The number of rotatable bonds is 7. The van der Waals surface area contributed by atoms with Crippen LogP contribution >= 0.6 is 0 Å². The molecule has 116 valence electrons. The Hall–Kier alpha value is -1.92. The minimum Gasteiger partial charge on any atom is -0.481 e.